The van der Waals surface area contributed by atoms with Gasteiger partial charge < -0.3 is 5.11 Å². The zero-order chi connectivity index (χ0) is 11.7. The highest BCUT2D eigenvalue weighted by atomic mass is 16.3. The predicted molar refractivity (Wildman–Crippen MR) is 65.9 cm³/mol. The molecule has 0 aliphatic heterocycles. The summed E-state index contributed by atoms with van der Waals surface area (Å²) in [7, 11) is 0. The Kier molecular flexibility index (Phi) is 2.12. The second kappa shape index (κ2) is 3.13. The zero-order valence-corrected chi connectivity index (χ0v) is 10.9. The Labute approximate surface area is 98.9 Å². The van der Waals surface area contributed by atoms with Gasteiger partial charge in [0.1, 0.15) is 0 Å². The molecule has 3 aliphatic rings. The van der Waals surface area contributed by atoms with Crippen LogP contribution in [0.4, 0.5) is 0 Å². The summed E-state index contributed by atoms with van der Waals surface area (Å²) >= 11 is 0. The summed E-state index contributed by atoms with van der Waals surface area (Å²) in [4.78, 5) is 0. The van der Waals surface area contributed by atoms with Crippen LogP contribution >= 0.6 is 0 Å². The molecule has 0 aromatic heterocycles. The van der Waals surface area contributed by atoms with Crippen LogP contribution in [0.15, 0.2) is 11.6 Å². The monoisotopic (exact) mass is 220 g/mol. The van der Waals surface area contributed by atoms with Crippen LogP contribution < -0.4 is 0 Å². The number of hydrogen-bond donors (Lipinski definition) is 1. The first-order valence-corrected chi connectivity index (χ1v) is 6.79. The van der Waals surface area contributed by atoms with Gasteiger partial charge in [-0.2, -0.15) is 0 Å². The number of allylic oxidation sites excluding steroid dienone is 2. The number of aliphatic hydroxyl groups excluding tert-OH is 1. The van der Waals surface area contributed by atoms with E-state index < -0.39 is 0 Å². The highest BCUT2D eigenvalue weighted by molar-refractivity contribution is 5.23. The van der Waals surface area contributed by atoms with E-state index in [1.807, 2.05) is 0 Å². The van der Waals surface area contributed by atoms with Gasteiger partial charge in [-0.15, -0.1) is 0 Å². The molecule has 0 unspecified atom stereocenters. The third kappa shape index (κ3) is 1.11. The fourth-order valence-corrected chi connectivity index (χ4v) is 5.10. The Hall–Kier alpha value is -0.300. The van der Waals surface area contributed by atoms with E-state index >= 15 is 0 Å². The first-order valence-electron chi connectivity index (χ1n) is 6.79. The minimum absolute atomic E-state index is 0.0860. The SMILES string of the molecule is CC1=CC[C@H]2[C@@H](C)[C@H]3C[C@H](O)C(C)(C)[C@H]2[C@H]13. The van der Waals surface area contributed by atoms with Crippen molar-refractivity contribution in [2.24, 2.45) is 35.0 Å². The fourth-order valence-electron chi connectivity index (χ4n) is 5.10. The van der Waals surface area contributed by atoms with Gasteiger partial charge in [-0.3, -0.25) is 0 Å². The molecule has 4 bridgehead atoms. The Morgan fingerprint density at radius 1 is 1.31 bits per heavy atom. The molecule has 0 aromatic carbocycles. The normalized spacial score (nSPS) is 53.7. The minimum atomic E-state index is -0.0860. The van der Waals surface area contributed by atoms with Crippen molar-refractivity contribution in [2.75, 3.05) is 0 Å². The molecule has 6 atom stereocenters. The summed E-state index contributed by atoms with van der Waals surface area (Å²) in [5, 5.41) is 10.4. The highest BCUT2D eigenvalue weighted by Crippen LogP contribution is 2.64. The van der Waals surface area contributed by atoms with Gasteiger partial charge in [-0.05, 0) is 54.8 Å². The topological polar surface area (TPSA) is 20.2 Å². The molecule has 1 nitrogen and oxygen atoms in total. The van der Waals surface area contributed by atoms with Crippen molar-refractivity contribution in [1.29, 1.82) is 0 Å². The van der Waals surface area contributed by atoms with Crippen molar-refractivity contribution >= 4 is 0 Å². The van der Waals surface area contributed by atoms with Crippen LogP contribution in [0.1, 0.15) is 40.5 Å². The lowest BCUT2D eigenvalue weighted by Crippen LogP contribution is -2.47. The van der Waals surface area contributed by atoms with Gasteiger partial charge in [0.15, 0.2) is 0 Å². The van der Waals surface area contributed by atoms with Crippen molar-refractivity contribution in [3.63, 3.8) is 0 Å². The van der Waals surface area contributed by atoms with Gasteiger partial charge in [0, 0.05) is 0 Å². The first-order chi connectivity index (χ1) is 7.44. The van der Waals surface area contributed by atoms with E-state index in [0.717, 1.165) is 36.0 Å². The summed E-state index contributed by atoms with van der Waals surface area (Å²) in [6, 6.07) is 0. The predicted octanol–water partition coefficient (Wildman–Crippen LogP) is 3.24. The molecule has 1 heteroatoms. The standard InChI is InChI=1S/C15H24O/c1-8-5-6-10-9(2)11-7-12(16)15(3,4)14(10)13(8)11/h5,9-14,16H,6-7H2,1-4H3/t9-,10+,11-,12+,13-,14-/m1/s1. The molecule has 0 amide bonds. The van der Waals surface area contributed by atoms with Crippen molar-refractivity contribution in [2.45, 2.75) is 46.6 Å². The van der Waals surface area contributed by atoms with Crippen molar-refractivity contribution in [3.05, 3.63) is 11.6 Å². The molecule has 3 rings (SSSR count). The van der Waals surface area contributed by atoms with Crippen LogP contribution in [0.3, 0.4) is 0 Å². The molecule has 2 saturated carbocycles. The molecule has 0 heterocycles. The maximum absolute atomic E-state index is 10.4. The minimum Gasteiger partial charge on any atom is -0.393 e. The molecule has 90 valence electrons. The second-order valence-corrected chi connectivity index (χ2v) is 7.00. The smallest absolute Gasteiger partial charge is 0.0597 e. The number of rotatable bonds is 0. The molecule has 0 radical (unpaired) electrons. The quantitative estimate of drug-likeness (QED) is 0.621. The van der Waals surface area contributed by atoms with Gasteiger partial charge in [0.25, 0.3) is 0 Å². The Morgan fingerprint density at radius 3 is 2.69 bits per heavy atom. The molecular weight excluding hydrogens is 196 g/mol. The first kappa shape index (κ1) is 10.8. The van der Waals surface area contributed by atoms with E-state index in [2.05, 4.69) is 33.8 Å². The van der Waals surface area contributed by atoms with E-state index in [0.29, 0.717) is 0 Å². The summed E-state index contributed by atoms with van der Waals surface area (Å²) in [6.07, 6.45) is 4.66. The van der Waals surface area contributed by atoms with Crippen molar-refractivity contribution in [1.82, 2.24) is 0 Å². The lowest BCUT2D eigenvalue weighted by Gasteiger charge is -2.49. The van der Waals surface area contributed by atoms with Crippen LogP contribution in [-0.2, 0) is 0 Å². The molecular formula is C15H24O. The Bertz CT molecular complexity index is 341. The van der Waals surface area contributed by atoms with Crippen molar-refractivity contribution < 1.29 is 5.11 Å². The third-order valence-electron chi connectivity index (χ3n) is 6.11. The molecule has 16 heavy (non-hydrogen) atoms. The van der Waals surface area contributed by atoms with Crippen LogP contribution in [0.2, 0.25) is 0 Å². The summed E-state index contributed by atoms with van der Waals surface area (Å²) in [5.41, 5.74) is 1.72. The van der Waals surface area contributed by atoms with E-state index in [1.165, 1.54) is 6.42 Å². The Balaban J connectivity index is 2.08. The van der Waals surface area contributed by atoms with Crippen LogP contribution in [-0.4, -0.2) is 11.2 Å². The van der Waals surface area contributed by atoms with Crippen LogP contribution in [0.25, 0.3) is 0 Å². The number of hydrogen-bond acceptors (Lipinski definition) is 1. The van der Waals surface area contributed by atoms with E-state index in [4.69, 9.17) is 0 Å². The van der Waals surface area contributed by atoms with E-state index in [-0.39, 0.29) is 11.5 Å². The number of aliphatic hydroxyl groups is 1. The lowest BCUT2D eigenvalue weighted by molar-refractivity contribution is -0.0598. The van der Waals surface area contributed by atoms with Gasteiger partial charge in [0.05, 0.1) is 6.10 Å². The van der Waals surface area contributed by atoms with Gasteiger partial charge in [0.2, 0.25) is 0 Å². The molecule has 0 aromatic rings. The zero-order valence-electron chi connectivity index (χ0n) is 10.9. The van der Waals surface area contributed by atoms with E-state index in [9.17, 15) is 5.11 Å². The Morgan fingerprint density at radius 2 is 2.00 bits per heavy atom. The van der Waals surface area contributed by atoms with Crippen molar-refractivity contribution in [3.8, 4) is 0 Å². The van der Waals surface area contributed by atoms with Gasteiger partial charge >= 0.3 is 0 Å². The fraction of sp³-hybridized carbons (Fsp3) is 0.867. The average molecular weight is 220 g/mol. The second-order valence-electron chi connectivity index (χ2n) is 7.00. The molecule has 2 fully saturated rings. The molecule has 0 saturated heterocycles. The largest absolute Gasteiger partial charge is 0.393 e. The van der Waals surface area contributed by atoms with Gasteiger partial charge in [-0.1, -0.05) is 32.4 Å². The maximum atomic E-state index is 10.4. The molecule has 1 N–H and O–H groups in total. The summed E-state index contributed by atoms with van der Waals surface area (Å²) in [6.45, 7) is 9.31. The summed E-state index contributed by atoms with van der Waals surface area (Å²) in [5.74, 6) is 3.87. The lowest BCUT2D eigenvalue weighted by atomic mass is 9.57. The molecule has 0 spiro atoms. The highest BCUT2D eigenvalue weighted by Gasteiger charge is 2.60. The summed E-state index contributed by atoms with van der Waals surface area (Å²) < 4.78 is 0. The molecule has 3 aliphatic carbocycles. The van der Waals surface area contributed by atoms with Crippen LogP contribution in [0, 0.1) is 35.0 Å². The van der Waals surface area contributed by atoms with E-state index in [1.54, 1.807) is 5.57 Å². The third-order valence-corrected chi connectivity index (χ3v) is 6.11. The average Bonchev–Trinajstić information content (AvgIpc) is 2.40. The maximum Gasteiger partial charge on any atom is 0.0597 e. The van der Waals surface area contributed by atoms with Crippen LogP contribution in [0.5, 0.6) is 0 Å². The van der Waals surface area contributed by atoms with Gasteiger partial charge in [-0.25, -0.2) is 0 Å².